The van der Waals surface area contributed by atoms with Gasteiger partial charge in [-0.3, -0.25) is 14.9 Å². The van der Waals surface area contributed by atoms with Crippen LogP contribution in [0.25, 0.3) is 0 Å². The molecule has 2 rings (SSSR count). The second-order valence-electron chi connectivity index (χ2n) is 4.37. The molecule has 0 aliphatic heterocycles. The minimum absolute atomic E-state index is 0.000632. The van der Waals surface area contributed by atoms with E-state index in [1.165, 1.54) is 18.3 Å². The highest BCUT2D eigenvalue weighted by Gasteiger charge is 2.12. The van der Waals surface area contributed by atoms with Crippen molar-refractivity contribution in [1.82, 2.24) is 5.43 Å². The highest BCUT2D eigenvalue weighted by molar-refractivity contribution is 5.95. The maximum Gasteiger partial charge on any atom is 0.274 e. The monoisotopic (exact) mass is 287 g/mol. The number of carbonyl (C=O) groups excluding carboxylic acids is 1. The number of nitro groups is 1. The second kappa shape index (κ2) is 6.00. The molecule has 0 spiro atoms. The molecule has 1 aromatic carbocycles. The number of furan rings is 1. The largest absolute Gasteiger partial charge is 0.466 e. The molecule has 1 N–H and O–H groups in total. The molecule has 0 saturated carbocycles. The SMILES string of the molecule is Cc1cc(C(=O)N/N=C\c2ccc([N+](=O)[O-])cc2)c(C)o1. The van der Waals surface area contributed by atoms with Crippen LogP contribution in [0, 0.1) is 24.0 Å². The van der Waals surface area contributed by atoms with Crippen LogP contribution >= 0.6 is 0 Å². The molecule has 21 heavy (non-hydrogen) atoms. The zero-order chi connectivity index (χ0) is 15.4. The fourth-order valence-corrected chi connectivity index (χ4v) is 1.76. The van der Waals surface area contributed by atoms with Crippen molar-refractivity contribution in [3.05, 3.63) is 63.1 Å². The number of benzene rings is 1. The summed E-state index contributed by atoms with van der Waals surface area (Å²) in [6.07, 6.45) is 1.41. The topological polar surface area (TPSA) is 97.7 Å². The average molecular weight is 287 g/mol. The van der Waals surface area contributed by atoms with Crippen molar-refractivity contribution < 1.29 is 14.1 Å². The molecular weight excluding hydrogens is 274 g/mol. The standard InChI is InChI=1S/C14H13N3O4/c1-9-7-13(10(2)21-9)14(18)16-15-8-11-3-5-12(6-4-11)17(19)20/h3-8H,1-2H3,(H,16,18)/b15-8-. The highest BCUT2D eigenvalue weighted by atomic mass is 16.6. The normalized spacial score (nSPS) is 10.8. The first-order valence-corrected chi connectivity index (χ1v) is 6.12. The minimum Gasteiger partial charge on any atom is -0.466 e. The van der Waals surface area contributed by atoms with Crippen molar-refractivity contribution >= 4 is 17.8 Å². The van der Waals surface area contributed by atoms with Crippen LogP contribution in [0.5, 0.6) is 0 Å². The van der Waals surface area contributed by atoms with Gasteiger partial charge in [-0.1, -0.05) is 0 Å². The summed E-state index contributed by atoms with van der Waals surface area (Å²) in [5.41, 5.74) is 3.44. The number of nitro benzene ring substituents is 1. The van der Waals surface area contributed by atoms with E-state index in [4.69, 9.17) is 4.42 Å². The fraction of sp³-hybridized carbons (Fsp3) is 0.143. The molecule has 2 aromatic rings. The van der Waals surface area contributed by atoms with Crippen molar-refractivity contribution in [3.8, 4) is 0 Å². The molecule has 7 nitrogen and oxygen atoms in total. The van der Waals surface area contributed by atoms with Crippen LogP contribution in [0.2, 0.25) is 0 Å². The molecule has 1 amide bonds. The molecule has 0 fully saturated rings. The number of hydrogen-bond donors (Lipinski definition) is 1. The van der Waals surface area contributed by atoms with Crippen LogP contribution in [0.1, 0.15) is 27.4 Å². The Morgan fingerprint density at radius 3 is 2.52 bits per heavy atom. The molecule has 1 heterocycles. The maximum atomic E-state index is 11.8. The van der Waals surface area contributed by atoms with Gasteiger partial charge in [0.15, 0.2) is 0 Å². The first-order valence-electron chi connectivity index (χ1n) is 6.12. The Morgan fingerprint density at radius 1 is 1.33 bits per heavy atom. The molecule has 0 saturated heterocycles. The number of nitrogens with one attached hydrogen (secondary N) is 1. The third kappa shape index (κ3) is 3.53. The third-order valence-electron chi connectivity index (χ3n) is 2.77. The number of aryl methyl sites for hydroxylation is 2. The number of nitrogens with zero attached hydrogens (tertiary/aromatic N) is 2. The lowest BCUT2D eigenvalue weighted by Crippen LogP contribution is -2.17. The number of non-ortho nitro benzene ring substituents is 1. The van der Waals surface area contributed by atoms with E-state index < -0.39 is 4.92 Å². The summed E-state index contributed by atoms with van der Waals surface area (Å²) >= 11 is 0. The fourth-order valence-electron chi connectivity index (χ4n) is 1.76. The van der Waals surface area contributed by atoms with Gasteiger partial charge in [0.1, 0.15) is 11.5 Å². The quantitative estimate of drug-likeness (QED) is 0.530. The van der Waals surface area contributed by atoms with E-state index in [1.54, 1.807) is 32.0 Å². The van der Waals surface area contributed by atoms with Crippen LogP contribution in [0.3, 0.4) is 0 Å². The van der Waals surface area contributed by atoms with E-state index in [1.807, 2.05) is 0 Å². The van der Waals surface area contributed by atoms with Crippen LogP contribution in [-0.4, -0.2) is 17.0 Å². The van der Waals surface area contributed by atoms with Crippen molar-refractivity contribution in [3.63, 3.8) is 0 Å². The number of rotatable bonds is 4. The molecule has 0 atom stereocenters. The van der Waals surface area contributed by atoms with Crippen LogP contribution in [-0.2, 0) is 0 Å². The van der Waals surface area contributed by atoms with Crippen molar-refractivity contribution in [2.24, 2.45) is 5.10 Å². The first kappa shape index (κ1) is 14.4. The Balaban J connectivity index is 2.00. The lowest BCUT2D eigenvalue weighted by molar-refractivity contribution is -0.384. The van der Waals surface area contributed by atoms with Gasteiger partial charge in [-0.15, -0.1) is 0 Å². The Bertz CT molecular complexity index is 702. The molecule has 0 radical (unpaired) electrons. The van der Waals surface area contributed by atoms with Gasteiger partial charge in [-0.25, -0.2) is 5.43 Å². The van der Waals surface area contributed by atoms with Gasteiger partial charge >= 0.3 is 0 Å². The summed E-state index contributed by atoms with van der Waals surface area (Å²) in [6, 6.07) is 7.45. The Kier molecular flexibility index (Phi) is 4.13. The molecule has 108 valence electrons. The lowest BCUT2D eigenvalue weighted by Gasteiger charge is -1.97. The van der Waals surface area contributed by atoms with Crippen LogP contribution in [0.15, 0.2) is 39.9 Å². The zero-order valence-electron chi connectivity index (χ0n) is 11.5. The summed E-state index contributed by atoms with van der Waals surface area (Å²) in [5.74, 6) is 0.801. The van der Waals surface area contributed by atoms with Gasteiger partial charge in [-0.2, -0.15) is 5.10 Å². The predicted octanol–water partition coefficient (Wildman–Crippen LogP) is 2.57. The summed E-state index contributed by atoms with van der Waals surface area (Å²) in [4.78, 5) is 21.9. The Morgan fingerprint density at radius 2 is 2.00 bits per heavy atom. The molecule has 7 heteroatoms. The maximum absolute atomic E-state index is 11.8. The van der Waals surface area contributed by atoms with E-state index >= 15 is 0 Å². The van der Waals surface area contributed by atoms with Crippen molar-refractivity contribution in [2.75, 3.05) is 0 Å². The molecule has 0 aliphatic rings. The lowest BCUT2D eigenvalue weighted by atomic mass is 10.2. The summed E-state index contributed by atoms with van der Waals surface area (Å²) < 4.78 is 5.26. The Labute approximate surface area is 120 Å². The molecule has 1 aromatic heterocycles. The minimum atomic E-state index is -0.479. The van der Waals surface area contributed by atoms with Gasteiger partial charge < -0.3 is 4.42 Å². The van der Waals surface area contributed by atoms with E-state index in [-0.39, 0.29) is 11.6 Å². The summed E-state index contributed by atoms with van der Waals surface area (Å²) in [6.45, 7) is 3.45. The first-order chi connectivity index (χ1) is 9.97. The van der Waals surface area contributed by atoms with E-state index in [9.17, 15) is 14.9 Å². The average Bonchev–Trinajstić information content (AvgIpc) is 2.78. The Hall–Kier alpha value is -2.96. The van der Waals surface area contributed by atoms with Crippen LogP contribution in [0.4, 0.5) is 5.69 Å². The highest BCUT2D eigenvalue weighted by Crippen LogP contribution is 2.13. The second-order valence-corrected chi connectivity index (χ2v) is 4.37. The van der Waals surface area contributed by atoms with Crippen LogP contribution < -0.4 is 5.43 Å². The van der Waals surface area contributed by atoms with Gasteiger partial charge in [-0.05, 0) is 37.6 Å². The number of carbonyl (C=O) groups is 1. The molecule has 0 aliphatic carbocycles. The molecular formula is C14H13N3O4. The number of hydrazone groups is 1. The summed E-state index contributed by atoms with van der Waals surface area (Å²) in [5, 5.41) is 14.3. The predicted molar refractivity (Wildman–Crippen MR) is 76.3 cm³/mol. The van der Waals surface area contributed by atoms with Gasteiger partial charge in [0.2, 0.25) is 0 Å². The molecule has 0 unspecified atom stereocenters. The van der Waals surface area contributed by atoms with Crippen molar-refractivity contribution in [2.45, 2.75) is 13.8 Å². The molecule has 0 bridgehead atoms. The third-order valence-corrected chi connectivity index (χ3v) is 2.77. The smallest absolute Gasteiger partial charge is 0.274 e. The summed E-state index contributed by atoms with van der Waals surface area (Å²) in [7, 11) is 0. The van der Waals surface area contributed by atoms with Gasteiger partial charge in [0, 0.05) is 12.1 Å². The van der Waals surface area contributed by atoms with E-state index in [2.05, 4.69) is 10.5 Å². The number of amides is 1. The van der Waals surface area contributed by atoms with Gasteiger partial charge in [0.05, 0.1) is 16.7 Å². The van der Waals surface area contributed by atoms with Crippen molar-refractivity contribution in [1.29, 1.82) is 0 Å². The van der Waals surface area contributed by atoms with E-state index in [0.717, 1.165) is 0 Å². The number of hydrogen-bond acceptors (Lipinski definition) is 5. The van der Waals surface area contributed by atoms with E-state index in [0.29, 0.717) is 22.6 Å². The zero-order valence-corrected chi connectivity index (χ0v) is 11.5. The van der Waals surface area contributed by atoms with Gasteiger partial charge in [0.25, 0.3) is 11.6 Å².